The molecule has 0 amide bonds. The molecule has 0 spiro atoms. The zero-order valence-corrected chi connectivity index (χ0v) is 31.3. The van der Waals surface area contributed by atoms with E-state index in [0.29, 0.717) is 16.8 Å². The summed E-state index contributed by atoms with van der Waals surface area (Å²) in [4.78, 5) is 8.87. The number of nitrogens with zero attached hydrogens (tertiary/aromatic N) is 2. The summed E-state index contributed by atoms with van der Waals surface area (Å²) in [7, 11) is -3.25. The Morgan fingerprint density at radius 2 is 1.49 bits per heavy atom. The van der Waals surface area contributed by atoms with Crippen LogP contribution in [0.25, 0.3) is 55.6 Å². The molecule has 0 atom stereocenters. The molecular weight excluding hydrogens is 785 g/mol. The van der Waals surface area contributed by atoms with Gasteiger partial charge in [0.05, 0.1) is 13.7 Å². The molecule has 1 radical (unpaired) electrons. The number of hydrogen-bond acceptors (Lipinski definition) is 3. The largest absolute Gasteiger partial charge is 0.501 e. The number of pyridine rings is 2. The predicted octanol–water partition coefficient (Wildman–Crippen LogP) is 8.96. The monoisotopic (exact) mass is 829 g/mol. The van der Waals surface area contributed by atoms with Gasteiger partial charge in [-0.15, -0.1) is 54.1 Å². The Morgan fingerprint density at radius 3 is 2.21 bits per heavy atom. The van der Waals surface area contributed by atoms with Crippen molar-refractivity contribution in [3.8, 4) is 33.6 Å². The van der Waals surface area contributed by atoms with Gasteiger partial charge in [0.25, 0.3) is 0 Å². The summed E-state index contributed by atoms with van der Waals surface area (Å²) in [5.74, 6) is 0. The zero-order chi connectivity index (χ0) is 37.2. The first-order valence-electron chi connectivity index (χ1n) is 18.4. The van der Waals surface area contributed by atoms with Gasteiger partial charge in [-0.2, -0.15) is 0 Å². The number of furan rings is 1. The number of aromatic nitrogens is 2. The van der Waals surface area contributed by atoms with E-state index in [1.54, 1.807) is 6.07 Å². The van der Waals surface area contributed by atoms with E-state index in [1.807, 2.05) is 36.5 Å². The second kappa shape index (κ2) is 12.6. The van der Waals surface area contributed by atoms with Gasteiger partial charge in [0.1, 0.15) is 13.7 Å². The second-order valence-corrected chi connectivity index (χ2v) is 22.7. The van der Waals surface area contributed by atoms with E-state index in [2.05, 4.69) is 103 Å². The van der Waals surface area contributed by atoms with E-state index in [-0.39, 0.29) is 31.2 Å². The number of benzene rings is 4. The summed E-state index contributed by atoms with van der Waals surface area (Å²) in [6.07, 6.45) is 3.16. The van der Waals surface area contributed by atoms with Crippen molar-refractivity contribution in [1.82, 2.24) is 9.97 Å². The van der Waals surface area contributed by atoms with Crippen molar-refractivity contribution >= 4 is 53.6 Å². The maximum absolute atomic E-state index is 7.92. The molecule has 0 N–H and O–H groups in total. The fraction of sp³-hybridized carbons (Fsp3) is 0.171. The van der Waals surface area contributed by atoms with E-state index in [0.717, 1.165) is 33.8 Å². The van der Waals surface area contributed by atoms with Crippen LogP contribution >= 0.6 is 0 Å². The van der Waals surface area contributed by atoms with Crippen LogP contribution in [-0.2, 0) is 20.1 Å². The van der Waals surface area contributed by atoms with E-state index in [1.165, 1.54) is 32.8 Å². The maximum Gasteiger partial charge on any atom is 0.121 e. The Kier molecular flexibility index (Phi) is 6.98. The first kappa shape index (κ1) is 26.1. The van der Waals surface area contributed by atoms with Crippen LogP contribution in [0.2, 0.25) is 32.7 Å². The molecular formula is C41H38IrN2OSi2-2. The van der Waals surface area contributed by atoms with Crippen LogP contribution in [0.15, 0.2) is 108 Å². The fourth-order valence-corrected chi connectivity index (χ4v) is 10.7. The van der Waals surface area contributed by atoms with Crippen LogP contribution in [0.3, 0.4) is 0 Å². The Hall–Kier alpha value is -3.94. The molecule has 0 unspecified atom stereocenters. The van der Waals surface area contributed by atoms with Crippen LogP contribution < -0.4 is 15.6 Å². The Labute approximate surface area is 301 Å². The van der Waals surface area contributed by atoms with E-state index >= 15 is 0 Å². The second-order valence-electron chi connectivity index (χ2n) is 13.3. The minimum absolute atomic E-state index is 0. The number of rotatable bonds is 3. The first-order chi connectivity index (χ1) is 24.5. The smallest absolute Gasteiger partial charge is 0.121 e. The average Bonchev–Trinajstić information content (AvgIpc) is 3.60. The van der Waals surface area contributed by atoms with E-state index in [9.17, 15) is 0 Å². The van der Waals surface area contributed by atoms with Gasteiger partial charge in [-0.25, -0.2) is 0 Å². The quantitative estimate of drug-likeness (QED) is 0.132. The number of fused-ring (bicyclic) bond motifs is 7. The van der Waals surface area contributed by atoms with E-state index < -0.39 is 29.9 Å². The van der Waals surface area contributed by atoms with Crippen molar-refractivity contribution in [2.24, 2.45) is 0 Å². The Bertz CT molecular complexity index is 2450. The van der Waals surface area contributed by atoms with E-state index in [4.69, 9.17) is 12.6 Å². The van der Waals surface area contributed by atoms with Crippen LogP contribution in [-0.4, -0.2) is 26.1 Å². The first-order valence-corrected chi connectivity index (χ1v) is 21.9. The summed E-state index contributed by atoms with van der Waals surface area (Å²) >= 11 is 0. The molecule has 47 heavy (non-hydrogen) atoms. The van der Waals surface area contributed by atoms with Crippen molar-refractivity contribution in [2.75, 3.05) is 0 Å². The molecule has 0 aliphatic carbocycles. The summed E-state index contributed by atoms with van der Waals surface area (Å²) < 4.78 is 53.6. The van der Waals surface area contributed by atoms with Gasteiger partial charge in [-0.05, 0) is 57.3 Å². The Balaban J connectivity index is 0.000000238. The van der Waals surface area contributed by atoms with Gasteiger partial charge in [0.15, 0.2) is 0 Å². The van der Waals surface area contributed by atoms with Gasteiger partial charge in [0, 0.05) is 46.1 Å². The van der Waals surface area contributed by atoms with Crippen molar-refractivity contribution in [2.45, 2.75) is 46.4 Å². The molecule has 4 heterocycles. The van der Waals surface area contributed by atoms with Crippen molar-refractivity contribution in [1.29, 1.82) is 0 Å². The van der Waals surface area contributed by atoms with Crippen LogP contribution in [0.4, 0.5) is 0 Å². The zero-order valence-electron chi connectivity index (χ0n) is 33.0. The van der Waals surface area contributed by atoms with Crippen molar-refractivity contribution in [3.63, 3.8) is 0 Å². The minimum atomic E-state index is -2.61. The minimum Gasteiger partial charge on any atom is -0.501 e. The standard InChI is InChI=1S/C27H22NOSi.C14H16NSi.Ir/c1-16-14-23(28-15-17(16)2)22-10-7-9-19-20-12-13-21-18-8-5-6-11-24(18)30(3,4)27(21)26(20)29-25(19)22;1-16(2,3)13-9-10-14(15-11-13)12-7-5-4-6-8-12;/h5-9,11-15H,1-4H3;4-7,9-11H,1-3H3;/q2*-1;/i1D3,2D3;;. The molecule has 0 saturated carbocycles. The molecule has 1 aliphatic rings. The van der Waals surface area contributed by atoms with Gasteiger partial charge < -0.3 is 14.4 Å². The average molecular weight is 829 g/mol. The molecule has 0 saturated heterocycles. The van der Waals surface area contributed by atoms with Gasteiger partial charge in [0.2, 0.25) is 0 Å². The summed E-state index contributed by atoms with van der Waals surface area (Å²) in [5.41, 5.74) is 6.23. The van der Waals surface area contributed by atoms with Crippen molar-refractivity contribution in [3.05, 3.63) is 127 Å². The normalized spacial score (nSPS) is 15.4. The van der Waals surface area contributed by atoms with Gasteiger partial charge in [-0.1, -0.05) is 104 Å². The van der Waals surface area contributed by atoms with Crippen LogP contribution in [0.5, 0.6) is 0 Å². The van der Waals surface area contributed by atoms with Crippen LogP contribution in [0, 0.1) is 25.8 Å². The van der Waals surface area contributed by atoms with Gasteiger partial charge in [-0.3, -0.25) is 0 Å². The van der Waals surface area contributed by atoms with Crippen LogP contribution in [0.1, 0.15) is 19.4 Å². The molecule has 4 aromatic carbocycles. The maximum atomic E-state index is 7.92. The Morgan fingerprint density at radius 1 is 0.723 bits per heavy atom. The third-order valence-electron chi connectivity index (χ3n) is 8.89. The SMILES string of the molecule is C[Si](C)(C)c1ccc(-c2[c-]cccc2)nc1.[2H]C([2H])([2H])c1cnc(-c2[c-]ccc3c2oc2c4c(ccc23)-c2ccccc2[Si]4(C)C)cc1C([2H])([2H])[2H].[Ir]. The van der Waals surface area contributed by atoms with Gasteiger partial charge >= 0.3 is 0 Å². The molecule has 6 heteroatoms. The summed E-state index contributed by atoms with van der Waals surface area (Å²) in [6, 6.07) is 36.4. The third kappa shape index (κ3) is 5.89. The third-order valence-corrected chi connectivity index (χ3v) is 14.4. The molecule has 3 nitrogen and oxygen atoms in total. The molecule has 7 aromatic rings. The van der Waals surface area contributed by atoms with Crippen molar-refractivity contribution < 1.29 is 32.7 Å². The molecule has 0 bridgehead atoms. The summed E-state index contributed by atoms with van der Waals surface area (Å²) in [6.45, 7) is 6.46. The molecule has 8 rings (SSSR count). The fourth-order valence-electron chi connectivity index (χ4n) is 6.38. The molecule has 3 aromatic heterocycles. The summed E-state index contributed by atoms with van der Waals surface area (Å²) in [5, 5.41) is 5.90. The molecule has 1 aliphatic heterocycles. The number of aryl methyl sites for hydroxylation is 2. The number of hydrogen-bond donors (Lipinski definition) is 0. The molecule has 0 fully saturated rings. The predicted molar refractivity (Wildman–Crippen MR) is 199 cm³/mol. The molecule has 237 valence electrons. The topological polar surface area (TPSA) is 38.9 Å².